The highest BCUT2D eigenvalue weighted by Crippen LogP contribution is 2.24. The van der Waals surface area contributed by atoms with Crippen molar-refractivity contribution in [1.82, 2.24) is 9.38 Å². The Balaban J connectivity index is 1.53. The fourth-order valence-corrected chi connectivity index (χ4v) is 3.41. The van der Waals surface area contributed by atoms with Crippen molar-refractivity contribution in [3.63, 3.8) is 0 Å². The van der Waals surface area contributed by atoms with Gasteiger partial charge in [-0.3, -0.25) is 9.20 Å². The van der Waals surface area contributed by atoms with Gasteiger partial charge in [-0.1, -0.05) is 12.1 Å². The summed E-state index contributed by atoms with van der Waals surface area (Å²) >= 11 is 1.61. The van der Waals surface area contributed by atoms with Gasteiger partial charge in [0.25, 0.3) is 5.91 Å². The first-order chi connectivity index (χ1) is 12.1. The summed E-state index contributed by atoms with van der Waals surface area (Å²) in [6.07, 6.45) is 2.01. The minimum Gasteiger partial charge on any atom is -0.322 e. The van der Waals surface area contributed by atoms with Gasteiger partial charge in [-0.25, -0.2) is 9.37 Å². The van der Waals surface area contributed by atoms with Crippen molar-refractivity contribution in [3.05, 3.63) is 77.2 Å². The minimum absolute atomic E-state index is 0.272. The Kier molecular flexibility index (Phi) is 3.82. The molecule has 0 aliphatic heterocycles. The Morgan fingerprint density at radius 3 is 2.52 bits per heavy atom. The van der Waals surface area contributed by atoms with Gasteiger partial charge < -0.3 is 5.32 Å². The number of aromatic nitrogens is 2. The van der Waals surface area contributed by atoms with Crippen molar-refractivity contribution in [1.29, 1.82) is 0 Å². The molecule has 0 atom stereocenters. The maximum Gasteiger partial charge on any atom is 0.255 e. The van der Waals surface area contributed by atoms with E-state index in [4.69, 9.17) is 0 Å². The Bertz CT molecular complexity index is 1050. The van der Waals surface area contributed by atoms with Gasteiger partial charge in [-0.15, -0.1) is 11.3 Å². The summed E-state index contributed by atoms with van der Waals surface area (Å²) in [5.74, 6) is -0.637. The molecule has 25 heavy (non-hydrogen) atoms. The standard InChI is InChI=1S/C19H14FN3OS/c1-12-11-25-19-22-17(10-23(12)19)13-4-8-16(9-5-13)21-18(24)14-2-6-15(20)7-3-14/h2-11H,1H3,(H,21,24). The molecule has 124 valence electrons. The summed E-state index contributed by atoms with van der Waals surface area (Å²) in [6, 6.07) is 12.9. The Morgan fingerprint density at radius 1 is 1.12 bits per heavy atom. The molecule has 1 amide bonds. The van der Waals surface area contributed by atoms with Gasteiger partial charge in [0.1, 0.15) is 5.82 Å². The van der Waals surface area contributed by atoms with Crippen LogP contribution in [0.3, 0.4) is 0 Å². The summed E-state index contributed by atoms with van der Waals surface area (Å²) in [5, 5.41) is 4.87. The number of imidazole rings is 1. The van der Waals surface area contributed by atoms with Crippen LogP contribution in [0.1, 0.15) is 16.1 Å². The molecule has 2 aromatic carbocycles. The predicted octanol–water partition coefficient (Wildman–Crippen LogP) is 4.76. The molecule has 0 bridgehead atoms. The number of fused-ring (bicyclic) bond motifs is 1. The first kappa shape index (κ1) is 15.5. The van der Waals surface area contributed by atoms with E-state index < -0.39 is 0 Å². The highest BCUT2D eigenvalue weighted by molar-refractivity contribution is 7.15. The molecule has 0 aliphatic rings. The van der Waals surface area contributed by atoms with E-state index in [1.54, 1.807) is 11.3 Å². The lowest BCUT2D eigenvalue weighted by molar-refractivity contribution is 0.102. The van der Waals surface area contributed by atoms with E-state index in [9.17, 15) is 9.18 Å². The minimum atomic E-state index is -0.365. The van der Waals surface area contributed by atoms with Crippen molar-refractivity contribution in [2.75, 3.05) is 5.32 Å². The normalized spacial score (nSPS) is 11.0. The number of thiazole rings is 1. The molecule has 1 N–H and O–H groups in total. The van der Waals surface area contributed by atoms with Gasteiger partial charge >= 0.3 is 0 Å². The SMILES string of the molecule is Cc1csc2nc(-c3ccc(NC(=O)c4ccc(F)cc4)cc3)cn12. The molecule has 2 heterocycles. The maximum absolute atomic E-state index is 12.9. The number of benzene rings is 2. The van der Waals surface area contributed by atoms with Crippen molar-refractivity contribution in [2.24, 2.45) is 0 Å². The first-order valence-corrected chi connectivity index (χ1v) is 8.59. The van der Waals surface area contributed by atoms with Crippen molar-refractivity contribution in [3.8, 4) is 11.3 Å². The fourth-order valence-electron chi connectivity index (χ4n) is 2.56. The summed E-state index contributed by atoms with van der Waals surface area (Å²) in [6.45, 7) is 2.04. The van der Waals surface area contributed by atoms with Gasteiger partial charge in [0, 0.05) is 34.1 Å². The van der Waals surface area contributed by atoms with Crippen molar-refractivity contribution >= 4 is 27.9 Å². The molecule has 2 aromatic heterocycles. The zero-order valence-corrected chi connectivity index (χ0v) is 14.2. The van der Waals surface area contributed by atoms with E-state index >= 15 is 0 Å². The Labute approximate surface area is 147 Å². The number of nitrogens with one attached hydrogen (secondary N) is 1. The summed E-state index contributed by atoms with van der Waals surface area (Å²) in [5.41, 5.74) is 4.12. The largest absolute Gasteiger partial charge is 0.322 e. The van der Waals surface area contributed by atoms with Gasteiger partial charge in [-0.2, -0.15) is 0 Å². The van der Waals surface area contributed by atoms with E-state index in [1.165, 1.54) is 24.3 Å². The number of rotatable bonds is 3. The summed E-state index contributed by atoms with van der Waals surface area (Å²) in [7, 11) is 0. The second-order valence-corrected chi connectivity index (χ2v) is 6.53. The molecular formula is C19H14FN3OS. The van der Waals surface area contributed by atoms with E-state index in [1.807, 2.05) is 37.4 Å². The zero-order valence-electron chi connectivity index (χ0n) is 13.4. The molecule has 0 fully saturated rings. The number of anilines is 1. The lowest BCUT2D eigenvalue weighted by atomic mass is 10.1. The highest BCUT2D eigenvalue weighted by Gasteiger charge is 2.09. The van der Waals surface area contributed by atoms with Crippen molar-refractivity contribution in [2.45, 2.75) is 6.92 Å². The average Bonchev–Trinajstić information content (AvgIpc) is 3.18. The second kappa shape index (κ2) is 6.14. The molecule has 6 heteroatoms. The van der Waals surface area contributed by atoms with E-state index in [2.05, 4.69) is 20.1 Å². The van der Waals surface area contributed by atoms with Crippen LogP contribution in [0.15, 0.2) is 60.1 Å². The van der Waals surface area contributed by atoms with E-state index in [0.29, 0.717) is 11.3 Å². The molecule has 0 unspecified atom stereocenters. The number of hydrogen-bond donors (Lipinski definition) is 1. The topological polar surface area (TPSA) is 46.4 Å². The third-order valence-corrected chi connectivity index (χ3v) is 4.89. The molecular weight excluding hydrogens is 337 g/mol. The van der Waals surface area contributed by atoms with E-state index in [0.717, 1.165) is 21.9 Å². The molecule has 0 radical (unpaired) electrons. The van der Waals surface area contributed by atoms with Crippen LogP contribution in [-0.4, -0.2) is 15.3 Å². The van der Waals surface area contributed by atoms with Gasteiger partial charge in [0.05, 0.1) is 5.69 Å². The fraction of sp³-hybridized carbons (Fsp3) is 0.0526. The lowest BCUT2D eigenvalue weighted by Crippen LogP contribution is -2.11. The number of halogens is 1. The number of carbonyl (C=O) groups is 1. The van der Waals surface area contributed by atoms with Crippen molar-refractivity contribution < 1.29 is 9.18 Å². The monoisotopic (exact) mass is 351 g/mol. The number of hydrogen-bond acceptors (Lipinski definition) is 3. The highest BCUT2D eigenvalue weighted by atomic mass is 32.1. The number of amides is 1. The molecule has 0 aliphatic carbocycles. The molecule has 0 saturated heterocycles. The molecule has 0 spiro atoms. The number of carbonyl (C=O) groups excluding carboxylic acids is 1. The van der Waals surface area contributed by atoms with Crippen LogP contribution in [0.2, 0.25) is 0 Å². The summed E-state index contributed by atoms with van der Waals surface area (Å²) in [4.78, 5) is 17.7. The first-order valence-electron chi connectivity index (χ1n) is 7.71. The summed E-state index contributed by atoms with van der Waals surface area (Å²) < 4.78 is 15.0. The van der Waals surface area contributed by atoms with Gasteiger partial charge in [-0.05, 0) is 43.3 Å². The third kappa shape index (κ3) is 3.04. The smallest absolute Gasteiger partial charge is 0.255 e. The Morgan fingerprint density at radius 2 is 1.84 bits per heavy atom. The van der Waals surface area contributed by atoms with Gasteiger partial charge in [0.2, 0.25) is 0 Å². The number of nitrogens with zero attached hydrogens (tertiary/aromatic N) is 2. The maximum atomic E-state index is 12.9. The zero-order chi connectivity index (χ0) is 17.4. The number of aryl methyl sites for hydroxylation is 1. The van der Waals surface area contributed by atoms with Crippen LogP contribution >= 0.6 is 11.3 Å². The molecule has 4 rings (SSSR count). The molecule has 0 saturated carbocycles. The van der Waals surface area contributed by atoms with E-state index in [-0.39, 0.29) is 11.7 Å². The van der Waals surface area contributed by atoms with Gasteiger partial charge in [0.15, 0.2) is 4.96 Å². The van der Waals surface area contributed by atoms with Crippen LogP contribution in [0.5, 0.6) is 0 Å². The molecule has 4 aromatic rings. The van der Waals surface area contributed by atoms with Crippen LogP contribution < -0.4 is 5.32 Å². The van der Waals surface area contributed by atoms with Crippen LogP contribution in [0, 0.1) is 12.7 Å². The van der Waals surface area contributed by atoms with Crippen LogP contribution in [0.4, 0.5) is 10.1 Å². The third-order valence-electron chi connectivity index (χ3n) is 3.93. The quantitative estimate of drug-likeness (QED) is 0.578. The Hall–Kier alpha value is -2.99. The van der Waals surface area contributed by atoms with Crippen LogP contribution in [0.25, 0.3) is 16.2 Å². The average molecular weight is 351 g/mol. The predicted molar refractivity (Wildman–Crippen MR) is 97.6 cm³/mol. The molecule has 4 nitrogen and oxygen atoms in total. The van der Waals surface area contributed by atoms with Crippen LogP contribution in [-0.2, 0) is 0 Å². The second-order valence-electron chi connectivity index (χ2n) is 5.69. The lowest BCUT2D eigenvalue weighted by Gasteiger charge is -2.06.